The molecule has 23 heavy (non-hydrogen) atoms. The highest BCUT2D eigenvalue weighted by atomic mass is 16.6. The average Bonchev–Trinajstić information content (AvgIpc) is 2.69. The van der Waals surface area contributed by atoms with Gasteiger partial charge in [-0.15, -0.1) is 0 Å². The van der Waals surface area contributed by atoms with Crippen molar-refractivity contribution in [2.75, 3.05) is 13.1 Å². The van der Waals surface area contributed by atoms with Gasteiger partial charge in [-0.3, -0.25) is 4.79 Å². The third-order valence-electron chi connectivity index (χ3n) is 3.40. The topological polar surface area (TPSA) is 122 Å². The lowest BCUT2D eigenvalue weighted by Crippen LogP contribution is -2.43. The van der Waals surface area contributed by atoms with E-state index in [0.717, 1.165) is 0 Å². The maximum Gasteiger partial charge on any atom is 0.408 e. The first-order valence-electron chi connectivity index (χ1n) is 7.84. The zero-order valence-corrected chi connectivity index (χ0v) is 14.0. The fraction of sp³-hybridized carbons (Fsp3) is 0.800. The number of carbonyl (C=O) groups is 3. The predicted molar refractivity (Wildman–Crippen MR) is 83.8 cm³/mol. The van der Waals surface area contributed by atoms with Crippen molar-refractivity contribution in [2.45, 2.75) is 64.1 Å². The largest absolute Gasteiger partial charge is 0.480 e. The molecule has 0 aromatic carbocycles. The molecule has 1 heterocycles. The van der Waals surface area contributed by atoms with E-state index in [9.17, 15) is 14.4 Å². The van der Waals surface area contributed by atoms with Crippen LogP contribution in [0.25, 0.3) is 0 Å². The number of hydrogen-bond acceptors (Lipinski definition) is 5. The van der Waals surface area contributed by atoms with Crippen LogP contribution >= 0.6 is 0 Å². The number of carbonyl (C=O) groups excluding carboxylic acids is 2. The molecule has 0 aromatic heterocycles. The minimum Gasteiger partial charge on any atom is -0.480 e. The molecule has 0 aromatic rings. The van der Waals surface area contributed by atoms with Crippen molar-refractivity contribution in [3.05, 3.63) is 0 Å². The number of ether oxygens (including phenoxy) is 1. The Kier molecular flexibility index (Phi) is 6.80. The molecule has 0 aliphatic carbocycles. The van der Waals surface area contributed by atoms with Crippen molar-refractivity contribution < 1.29 is 24.2 Å². The molecule has 1 aliphatic rings. The molecule has 4 N–H and O–H groups in total. The molecular formula is C15H27N3O5. The van der Waals surface area contributed by atoms with Crippen molar-refractivity contribution >= 4 is 18.0 Å². The quantitative estimate of drug-likeness (QED) is 0.591. The fourth-order valence-corrected chi connectivity index (χ4v) is 2.38. The van der Waals surface area contributed by atoms with Gasteiger partial charge in [0.05, 0.1) is 0 Å². The molecule has 1 unspecified atom stereocenters. The van der Waals surface area contributed by atoms with Crippen LogP contribution in [0.3, 0.4) is 0 Å². The van der Waals surface area contributed by atoms with Gasteiger partial charge in [0, 0.05) is 25.6 Å². The van der Waals surface area contributed by atoms with E-state index in [0.29, 0.717) is 32.4 Å². The van der Waals surface area contributed by atoms with Crippen molar-refractivity contribution in [3.8, 4) is 0 Å². The average molecular weight is 329 g/mol. The highest BCUT2D eigenvalue weighted by Crippen LogP contribution is 2.12. The Morgan fingerprint density at radius 2 is 2.09 bits per heavy atom. The van der Waals surface area contributed by atoms with Gasteiger partial charge in [0.1, 0.15) is 11.6 Å². The summed E-state index contributed by atoms with van der Waals surface area (Å²) in [4.78, 5) is 36.1. The summed E-state index contributed by atoms with van der Waals surface area (Å²) in [7, 11) is 0. The van der Waals surface area contributed by atoms with Gasteiger partial charge in [-0.05, 0) is 40.0 Å². The van der Waals surface area contributed by atoms with E-state index in [2.05, 4.69) is 5.32 Å². The summed E-state index contributed by atoms with van der Waals surface area (Å²) < 4.78 is 5.05. The highest BCUT2D eigenvalue weighted by Gasteiger charge is 2.27. The highest BCUT2D eigenvalue weighted by molar-refractivity contribution is 5.80. The van der Waals surface area contributed by atoms with E-state index in [1.165, 1.54) is 0 Å². The number of unbranched alkanes of at least 4 members (excludes halogenated alkanes) is 1. The molecule has 8 nitrogen and oxygen atoms in total. The van der Waals surface area contributed by atoms with E-state index in [1.807, 2.05) is 0 Å². The number of nitrogens with zero attached hydrogens (tertiary/aromatic N) is 1. The molecule has 132 valence electrons. The van der Waals surface area contributed by atoms with E-state index in [1.54, 1.807) is 25.7 Å². The molecule has 1 saturated heterocycles. The van der Waals surface area contributed by atoms with Crippen molar-refractivity contribution in [1.29, 1.82) is 0 Å². The van der Waals surface area contributed by atoms with Crippen LogP contribution in [-0.4, -0.2) is 58.8 Å². The maximum absolute atomic E-state index is 11.6. The van der Waals surface area contributed by atoms with Gasteiger partial charge < -0.3 is 25.8 Å². The van der Waals surface area contributed by atoms with Crippen molar-refractivity contribution in [1.82, 2.24) is 10.2 Å². The normalized spacial score (nSPS) is 19.6. The summed E-state index contributed by atoms with van der Waals surface area (Å²) in [6, 6.07) is -1.11. The molecule has 1 fully saturated rings. The number of nitrogens with one attached hydrogen (secondary N) is 1. The lowest BCUT2D eigenvalue weighted by molar-refractivity contribution is -0.139. The van der Waals surface area contributed by atoms with Gasteiger partial charge in [-0.2, -0.15) is 0 Å². The minimum absolute atomic E-state index is 0.0409. The summed E-state index contributed by atoms with van der Waals surface area (Å²) in [5, 5.41) is 11.5. The Morgan fingerprint density at radius 3 is 2.57 bits per heavy atom. The minimum atomic E-state index is -1.10. The molecule has 0 bridgehead atoms. The second-order valence-electron chi connectivity index (χ2n) is 6.84. The number of nitrogens with two attached hydrogens (primary N) is 1. The van der Waals surface area contributed by atoms with Gasteiger partial charge in [0.25, 0.3) is 0 Å². The van der Waals surface area contributed by atoms with Gasteiger partial charge in [-0.25, -0.2) is 9.59 Å². The Hall–Kier alpha value is -1.83. The van der Waals surface area contributed by atoms with Gasteiger partial charge in [0.15, 0.2) is 0 Å². The lowest BCUT2D eigenvalue weighted by Gasteiger charge is -2.22. The zero-order valence-electron chi connectivity index (χ0n) is 14.0. The summed E-state index contributed by atoms with van der Waals surface area (Å²) in [6.07, 6.45) is 1.15. The Bertz CT molecular complexity index is 447. The van der Waals surface area contributed by atoms with Crippen LogP contribution in [0.1, 0.15) is 46.5 Å². The molecule has 0 saturated carbocycles. The van der Waals surface area contributed by atoms with Crippen LogP contribution in [0.15, 0.2) is 0 Å². The summed E-state index contributed by atoms with van der Waals surface area (Å²) in [6.45, 7) is 6.24. The molecule has 8 heteroatoms. The van der Waals surface area contributed by atoms with Crippen LogP contribution in [0, 0.1) is 0 Å². The van der Waals surface area contributed by atoms with E-state index in [4.69, 9.17) is 15.6 Å². The van der Waals surface area contributed by atoms with Gasteiger partial charge in [-0.1, -0.05) is 0 Å². The van der Waals surface area contributed by atoms with Crippen LogP contribution in [-0.2, 0) is 14.3 Å². The number of alkyl carbamates (subject to hydrolysis) is 1. The number of carboxylic acids is 1. The molecular weight excluding hydrogens is 302 g/mol. The summed E-state index contributed by atoms with van der Waals surface area (Å²) in [5.41, 5.74) is 5.03. The Labute approximate surface area is 136 Å². The third kappa shape index (κ3) is 7.32. The molecule has 0 radical (unpaired) electrons. The number of amides is 2. The summed E-state index contributed by atoms with van der Waals surface area (Å²) in [5.74, 6) is -1.06. The van der Waals surface area contributed by atoms with E-state index >= 15 is 0 Å². The summed E-state index contributed by atoms with van der Waals surface area (Å²) >= 11 is 0. The lowest BCUT2D eigenvalue weighted by atomic mass is 10.1. The number of aliphatic carboxylic acids is 1. The van der Waals surface area contributed by atoms with Crippen LogP contribution < -0.4 is 11.1 Å². The van der Waals surface area contributed by atoms with Gasteiger partial charge >= 0.3 is 12.1 Å². The molecule has 0 spiro atoms. The number of likely N-dealkylation sites (tertiary alicyclic amines) is 1. The predicted octanol–water partition coefficient (Wildman–Crippen LogP) is 0.694. The first-order valence-corrected chi connectivity index (χ1v) is 7.84. The SMILES string of the molecule is CC(C)(C)OC(=O)N[C@@H](CCCCN1CC(N)CC1=O)C(=O)O. The third-order valence-corrected chi connectivity index (χ3v) is 3.40. The maximum atomic E-state index is 11.6. The number of rotatable bonds is 7. The Morgan fingerprint density at radius 1 is 1.43 bits per heavy atom. The first-order chi connectivity index (χ1) is 10.6. The van der Waals surface area contributed by atoms with Crippen LogP contribution in [0.4, 0.5) is 4.79 Å². The molecule has 1 rings (SSSR count). The van der Waals surface area contributed by atoms with Gasteiger partial charge in [0.2, 0.25) is 5.91 Å². The first kappa shape index (κ1) is 19.2. The number of hydrogen-bond donors (Lipinski definition) is 3. The smallest absolute Gasteiger partial charge is 0.408 e. The Balaban J connectivity index is 2.32. The second-order valence-corrected chi connectivity index (χ2v) is 6.84. The fourth-order valence-electron chi connectivity index (χ4n) is 2.38. The van der Waals surface area contributed by atoms with Crippen LogP contribution in [0.2, 0.25) is 0 Å². The van der Waals surface area contributed by atoms with E-state index < -0.39 is 23.7 Å². The number of carboxylic acid groups (broad SMARTS) is 1. The standard InChI is InChI=1S/C15H27N3O5/c1-15(2,3)23-14(22)17-11(13(20)21)6-4-5-7-18-9-10(16)8-12(18)19/h10-11H,4-9,16H2,1-3H3,(H,17,22)(H,20,21)/t10?,11-/m0/s1. The molecule has 1 aliphatic heterocycles. The zero-order chi connectivity index (χ0) is 17.6. The van der Waals surface area contributed by atoms with Crippen molar-refractivity contribution in [2.24, 2.45) is 5.73 Å². The monoisotopic (exact) mass is 329 g/mol. The molecule has 2 amide bonds. The van der Waals surface area contributed by atoms with Crippen molar-refractivity contribution in [3.63, 3.8) is 0 Å². The van der Waals surface area contributed by atoms with Crippen LogP contribution in [0.5, 0.6) is 0 Å². The second kappa shape index (κ2) is 8.14. The molecule has 2 atom stereocenters. The van der Waals surface area contributed by atoms with E-state index in [-0.39, 0.29) is 18.4 Å².